The second kappa shape index (κ2) is 7.79. The Morgan fingerprint density at radius 1 is 1.47 bits per heavy atom. The number of thioether (sulfide) groups is 2. The van der Waals surface area contributed by atoms with Gasteiger partial charge in [0.2, 0.25) is 0 Å². The maximum atomic E-state index is 5.60. The summed E-state index contributed by atoms with van der Waals surface area (Å²) in [4.78, 5) is 0. The van der Waals surface area contributed by atoms with Gasteiger partial charge in [0.1, 0.15) is 0 Å². The predicted molar refractivity (Wildman–Crippen MR) is 70.4 cm³/mol. The largest absolute Gasteiger partial charge is 0.380 e. The normalized spacial score (nSPS) is 29.0. The van der Waals surface area contributed by atoms with E-state index in [0.717, 1.165) is 19.6 Å². The van der Waals surface area contributed by atoms with Crippen LogP contribution in [-0.4, -0.2) is 41.3 Å². The first-order valence-electron chi connectivity index (χ1n) is 5.56. The Morgan fingerprint density at radius 2 is 2.20 bits per heavy atom. The summed E-state index contributed by atoms with van der Waals surface area (Å²) in [5, 5.41) is 1.24. The summed E-state index contributed by atoms with van der Waals surface area (Å²) >= 11 is 4.06. The molecule has 5 heteroatoms. The van der Waals surface area contributed by atoms with Gasteiger partial charge < -0.3 is 4.74 Å². The van der Waals surface area contributed by atoms with E-state index < -0.39 is 0 Å². The molecule has 3 nitrogen and oxygen atoms in total. The molecule has 90 valence electrons. The van der Waals surface area contributed by atoms with E-state index in [1.54, 1.807) is 0 Å². The van der Waals surface area contributed by atoms with Gasteiger partial charge >= 0.3 is 0 Å². The third-order valence-electron chi connectivity index (χ3n) is 2.49. The number of nitrogens with two attached hydrogens (primary N) is 1. The molecule has 15 heavy (non-hydrogen) atoms. The summed E-state index contributed by atoms with van der Waals surface area (Å²) in [6, 6.07) is 0.282. The molecule has 0 aliphatic carbocycles. The fourth-order valence-electron chi connectivity index (χ4n) is 1.68. The van der Waals surface area contributed by atoms with Crippen LogP contribution in [0.5, 0.6) is 0 Å². The molecule has 0 radical (unpaired) electrons. The van der Waals surface area contributed by atoms with Crippen molar-refractivity contribution in [3.05, 3.63) is 0 Å². The van der Waals surface area contributed by atoms with Crippen LogP contribution in [0, 0.1) is 0 Å². The van der Waals surface area contributed by atoms with Crippen LogP contribution in [0.4, 0.5) is 0 Å². The minimum Gasteiger partial charge on any atom is -0.380 e. The van der Waals surface area contributed by atoms with Crippen molar-refractivity contribution in [3.63, 3.8) is 0 Å². The van der Waals surface area contributed by atoms with Crippen LogP contribution in [0.15, 0.2) is 0 Å². The Balaban J connectivity index is 2.34. The zero-order valence-corrected chi connectivity index (χ0v) is 11.2. The number of hydrazine groups is 1. The summed E-state index contributed by atoms with van der Waals surface area (Å²) in [5.74, 6) is 8.08. The molecule has 3 N–H and O–H groups in total. The van der Waals surface area contributed by atoms with Crippen molar-refractivity contribution in [2.24, 2.45) is 5.84 Å². The summed E-state index contributed by atoms with van der Waals surface area (Å²) in [7, 11) is 0. The van der Waals surface area contributed by atoms with Gasteiger partial charge in [-0.15, -0.1) is 0 Å². The highest BCUT2D eigenvalue weighted by Gasteiger charge is 2.29. The Hall–Kier alpha value is 0.580. The minimum atomic E-state index is 0.282. The molecule has 0 aromatic rings. The first-order chi connectivity index (χ1) is 7.29. The quantitative estimate of drug-likeness (QED) is 0.425. The maximum Gasteiger partial charge on any atom is 0.0644 e. The predicted octanol–water partition coefficient (Wildman–Crippen LogP) is 1.48. The Bertz CT molecular complexity index is 172. The van der Waals surface area contributed by atoms with E-state index in [9.17, 15) is 0 Å². The fraction of sp³-hybridized carbons (Fsp3) is 1.00. The highest BCUT2D eigenvalue weighted by molar-refractivity contribution is 8.07. The van der Waals surface area contributed by atoms with Gasteiger partial charge in [-0.05, 0) is 6.42 Å². The molecular formula is C10H22N2OS2. The van der Waals surface area contributed by atoms with Crippen LogP contribution in [0.25, 0.3) is 0 Å². The standard InChI is InChI=1S/C10H22N2OS2/c1-3-4-13-7-9(12-11)10-8(2)14-5-6-15-10/h8-10,12H,3-7,11H2,1-2H3. The van der Waals surface area contributed by atoms with Crippen LogP contribution in [0.3, 0.4) is 0 Å². The molecule has 0 bridgehead atoms. The Labute approximate surface area is 101 Å². The lowest BCUT2D eigenvalue weighted by atomic mass is 10.2. The molecule has 0 amide bonds. The molecule has 0 aromatic carbocycles. The zero-order chi connectivity index (χ0) is 11.1. The van der Waals surface area contributed by atoms with Gasteiger partial charge in [-0.1, -0.05) is 13.8 Å². The van der Waals surface area contributed by atoms with Crippen molar-refractivity contribution in [3.8, 4) is 0 Å². The van der Waals surface area contributed by atoms with Gasteiger partial charge in [0.15, 0.2) is 0 Å². The Kier molecular flexibility index (Phi) is 7.08. The van der Waals surface area contributed by atoms with E-state index in [2.05, 4.69) is 19.3 Å². The number of hydrogen-bond acceptors (Lipinski definition) is 5. The van der Waals surface area contributed by atoms with Crippen LogP contribution in [-0.2, 0) is 4.74 Å². The van der Waals surface area contributed by atoms with Crippen molar-refractivity contribution in [2.45, 2.75) is 36.8 Å². The highest BCUT2D eigenvalue weighted by atomic mass is 32.2. The van der Waals surface area contributed by atoms with E-state index >= 15 is 0 Å². The second-order valence-corrected chi connectivity index (χ2v) is 6.53. The van der Waals surface area contributed by atoms with E-state index in [4.69, 9.17) is 10.6 Å². The van der Waals surface area contributed by atoms with Gasteiger partial charge in [0.25, 0.3) is 0 Å². The van der Waals surface area contributed by atoms with Gasteiger partial charge in [-0.3, -0.25) is 11.3 Å². The van der Waals surface area contributed by atoms with Crippen molar-refractivity contribution in [1.82, 2.24) is 5.43 Å². The summed E-state index contributed by atoms with van der Waals surface area (Å²) in [6.07, 6.45) is 1.07. The van der Waals surface area contributed by atoms with Crippen LogP contribution < -0.4 is 11.3 Å². The molecule has 1 rings (SSSR count). The van der Waals surface area contributed by atoms with Gasteiger partial charge in [-0.25, -0.2) is 0 Å². The van der Waals surface area contributed by atoms with Crippen molar-refractivity contribution < 1.29 is 4.74 Å². The molecule has 0 saturated carbocycles. The first-order valence-corrected chi connectivity index (χ1v) is 7.66. The average Bonchev–Trinajstić information content (AvgIpc) is 2.26. The number of ether oxygens (including phenoxy) is 1. The van der Waals surface area contributed by atoms with Gasteiger partial charge in [0, 0.05) is 28.6 Å². The molecule has 1 aliphatic rings. The molecule has 3 atom stereocenters. The van der Waals surface area contributed by atoms with Crippen molar-refractivity contribution in [1.29, 1.82) is 0 Å². The van der Waals surface area contributed by atoms with Crippen LogP contribution in [0.1, 0.15) is 20.3 Å². The van der Waals surface area contributed by atoms with Crippen LogP contribution in [0.2, 0.25) is 0 Å². The SMILES string of the molecule is CCCOCC(NN)C1SCCSC1C. The molecule has 1 aliphatic heterocycles. The fourth-order valence-corrected chi connectivity index (χ4v) is 4.61. The summed E-state index contributed by atoms with van der Waals surface area (Å²) in [6.45, 7) is 5.97. The monoisotopic (exact) mass is 250 g/mol. The maximum absolute atomic E-state index is 5.60. The average molecular weight is 250 g/mol. The lowest BCUT2D eigenvalue weighted by Crippen LogP contribution is -2.50. The van der Waals surface area contributed by atoms with Crippen molar-refractivity contribution >= 4 is 23.5 Å². The number of rotatable bonds is 6. The second-order valence-electron chi connectivity index (χ2n) is 3.76. The highest BCUT2D eigenvalue weighted by Crippen LogP contribution is 2.32. The number of nitrogens with one attached hydrogen (secondary N) is 1. The zero-order valence-electron chi connectivity index (χ0n) is 9.57. The van der Waals surface area contributed by atoms with Gasteiger partial charge in [-0.2, -0.15) is 23.5 Å². The molecule has 3 unspecified atom stereocenters. The minimum absolute atomic E-state index is 0.282. The van der Waals surface area contributed by atoms with E-state index in [1.807, 2.05) is 23.5 Å². The summed E-state index contributed by atoms with van der Waals surface area (Å²) < 4.78 is 5.57. The summed E-state index contributed by atoms with van der Waals surface area (Å²) in [5.41, 5.74) is 2.90. The van der Waals surface area contributed by atoms with Gasteiger partial charge in [0.05, 0.1) is 12.6 Å². The third kappa shape index (κ3) is 4.53. The molecule has 1 fully saturated rings. The molecule has 0 aromatic heterocycles. The lowest BCUT2D eigenvalue weighted by molar-refractivity contribution is 0.111. The number of hydrogen-bond donors (Lipinski definition) is 2. The van der Waals surface area contributed by atoms with Crippen LogP contribution >= 0.6 is 23.5 Å². The van der Waals surface area contributed by atoms with E-state index in [1.165, 1.54) is 11.5 Å². The molecule has 0 spiro atoms. The van der Waals surface area contributed by atoms with Crippen molar-refractivity contribution in [2.75, 3.05) is 24.7 Å². The smallest absolute Gasteiger partial charge is 0.0644 e. The topological polar surface area (TPSA) is 47.3 Å². The molecule has 1 heterocycles. The lowest BCUT2D eigenvalue weighted by Gasteiger charge is -2.33. The Morgan fingerprint density at radius 3 is 2.80 bits per heavy atom. The molecular weight excluding hydrogens is 228 g/mol. The first kappa shape index (κ1) is 13.6. The van der Waals surface area contributed by atoms with E-state index in [-0.39, 0.29) is 6.04 Å². The molecule has 1 saturated heterocycles. The third-order valence-corrected chi connectivity index (χ3v) is 5.74. The van der Waals surface area contributed by atoms with E-state index in [0.29, 0.717) is 10.5 Å².